The number of benzene rings is 1. The van der Waals surface area contributed by atoms with Gasteiger partial charge >= 0.3 is 0 Å². The van der Waals surface area contributed by atoms with Gasteiger partial charge < -0.3 is 5.32 Å². The fourth-order valence-corrected chi connectivity index (χ4v) is 2.05. The Morgan fingerprint density at radius 1 is 1.35 bits per heavy atom. The van der Waals surface area contributed by atoms with Crippen LogP contribution in [0.2, 0.25) is 0 Å². The summed E-state index contributed by atoms with van der Waals surface area (Å²) in [5, 5.41) is 3.86. The SMILES string of the molecule is CCC(C)(CBr)NC(=O)CCc1ccccc1. The molecule has 17 heavy (non-hydrogen) atoms. The summed E-state index contributed by atoms with van der Waals surface area (Å²) in [4.78, 5) is 11.8. The number of hydrogen-bond donors (Lipinski definition) is 1. The smallest absolute Gasteiger partial charge is 0.220 e. The van der Waals surface area contributed by atoms with E-state index in [9.17, 15) is 4.79 Å². The summed E-state index contributed by atoms with van der Waals surface area (Å²) in [5.74, 6) is 0.123. The van der Waals surface area contributed by atoms with Gasteiger partial charge in [0.2, 0.25) is 5.91 Å². The summed E-state index contributed by atoms with van der Waals surface area (Å²) in [7, 11) is 0. The molecular formula is C14H20BrNO. The average molecular weight is 298 g/mol. The van der Waals surface area contributed by atoms with Gasteiger partial charge in [-0.1, -0.05) is 53.2 Å². The van der Waals surface area contributed by atoms with E-state index in [2.05, 4.69) is 47.2 Å². The van der Waals surface area contributed by atoms with Gasteiger partial charge in [-0.25, -0.2) is 0 Å². The van der Waals surface area contributed by atoms with E-state index in [-0.39, 0.29) is 11.4 Å². The first kappa shape index (κ1) is 14.2. The van der Waals surface area contributed by atoms with Crippen molar-refractivity contribution in [3.8, 4) is 0 Å². The molecule has 0 bridgehead atoms. The topological polar surface area (TPSA) is 29.1 Å². The minimum absolute atomic E-state index is 0.123. The Bertz CT molecular complexity index is 346. The van der Waals surface area contributed by atoms with Crippen molar-refractivity contribution in [2.24, 2.45) is 0 Å². The lowest BCUT2D eigenvalue weighted by molar-refractivity contribution is -0.122. The van der Waals surface area contributed by atoms with E-state index in [1.807, 2.05) is 18.2 Å². The van der Waals surface area contributed by atoms with Crippen molar-refractivity contribution in [2.45, 2.75) is 38.6 Å². The summed E-state index contributed by atoms with van der Waals surface area (Å²) in [6.45, 7) is 4.14. The van der Waals surface area contributed by atoms with E-state index in [1.165, 1.54) is 5.56 Å². The van der Waals surface area contributed by atoms with Crippen LogP contribution >= 0.6 is 15.9 Å². The second-order valence-corrected chi connectivity index (χ2v) is 5.14. The molecule has 0 spiro atoms. The van der Waals surface area contributed by atoms with Crippen molar-refractivity contribution in [2.75, 3.05) is 5.33 Å². The monoisotopic (exact) mass is 297 g/mol. The van der Waals surface area contributed by atoms with Gasteiger partial charge in [-0.2, -0.15) is 0 Å². The van der Waals surface area contributed by atoms with Crippen LogP contribution in [0.1, 0.15) is 32.3 Å². The predicted octanol–water partition coefficient (Wildman–Crippen LogP) is 3.30. The van der Waals surface area contributed by atoms with Crippen LogP contribution < -0.4 is 5.32 Å². The Kier molecular flexibility index (Phi) is 5.69. The van der Waals surface area contributed by atoms with Gasteiger partial charge in [0.25, 0.3) is 0 Å². The van der Waals surface area contributed by atoms with Gasteiger partial charge in [-0.05, 0) is 25.3 Å². The third kappa shape index (κ3) is 4.90. The van der Waals surface area contributed by atoms with Crippen LogP contribution in [-0.2, 0) is 11.2 Å². The Hall–Kier alpha value is -0.830. The molecule has 0 aliphatic carbocycles. The van der Waals surface area contributed by atoms with E-state index < -0.39 is 0 Å². The van der Waals surface area contributed by atoms with Crippen LogP contribution in [0.4, 0.5) is 0 Å². The molecule has 0 aliphatic heterocycles. The molecule has 0 saturated heterocycles. The standard InChI is InChI=1S/C14H20BrNO/c1-3-14(2,11-15)16-13(17)10-9-12-7-5-4-6-8-12/h4-8H,3,9-11H2,1-2H3,(H,16,17). The molecule has 0 fully saturated rings. The third-order valence-corrected chi connectivity index (χ3v) is 4.24. The number of carbonyl (C=O) groups is 1. The van der Waals surface area contributed by atoms with Crippen LogP contribution in [0.3, 0.4) is 0 Å². The molecule has 0 heterocycles. The van der Waals surface area contributed by atoms with Gasteiger partial charge in [0, 0.05) is 17.3 Å². The lowest BCUT2D eigenvalue weighted by Gasteiger charge is -2.27. The summed E-state index contributed by atoms with van der Waals surface area (Å²) >= 11 is 3.44. The first-order valence-electron chi connectivity index (χ1n) is 6.00. The average Bonchev–Trinajstić information content (AvgIpc) is 2.37. The van der Waals surface area contributed by atoms with Crippen LogP contribution in [0, 0.1) is 0 Å². The summed E-state index contributed by atoms with van der Waals surface area (Å²) in [6.07, 6.45) is 2.27. The lowest BCUT2D eigenvalue weighted by Crippen LogP contribution is -2.47. The Morgan fingerprint density at radius 3 is 2.53 bits per heavy atom. The quantitative estimate of drug-likeness (QED) is 0.802. The normalized spacial score (nSPS) is 14.1. The Labute approximate surface area is 112 Å². The van der Waals surface area contributed by atoms with Crippen molar-refractivity contribution in [3.05, 3.63) is 35.9 Å². The molecule has 1 amide bonds. The van der Waals surface area contributed by atoms with Gasteiger partial charge in [-0.15, -0.1) is 0 Å². The minimum atomic E-state index is -0.131. The van der Waals surface area contributed by atoms with E-state index in [0.29, 0.717) is 6.42 Å². The maximum atomic E-state index is 11.8. The highest BCUT2D eigenvalue weighted by molar-refractivity contribution is 9.09. The zero-order chi connectivity index (χ0) is 12.7. The number of halogens is 1. The fraction of sp³-hybridized carbons (Fsp3) is 0.500. The van der Waals surface area contributed by atoms with Gasteiger partial charge in [0.15, 0.2) is 0 Å². The Balaban J connectivity index is 2.40. The first-order valence-corrected chi connectivity index (χ1v) is 7.12. The molecular weight excluding hydrogens is 278 g/mol. The molecule has 0 saturated carbocycles. The number of nitrogens with one attached hydrogen (secondary N) is 1. The molecule has 94 valence electrons. The van der Waals surface area contributed by atoms with Gasteiger partial charge in [-0.3, -0.25) is 4.79 Å². The molecule has 0 radical (unpaired) electrons. The van der Waals surface area contributed by atoms with Crippen molar-refractivity contribution in [3.63, 3.8) is 0 Å². The van der Waals surface area contributed by atoms with Crippen LogP contribution in [0.15, 0.2) is 30.3 Å². The van der Waals surface area contributed by atoms with Crippen LogP contribution in [0.5, 0.6) is 0 Å². The molecule has 1 aromatic rings. The maximum absolute atomic E-state index is 11.8. The second-order valence-electron chi connectivity index (χ2n) is 4.58. The highest BCUT2D eigenvalue weighted by Crippen LogP contribution is 2.13. The largest absolute Gasteiger partial charge is 0.350 e. The lowest BCUT2D eigenvalue weighted by atomic mass is 10.0. The van der Waals surface area contributed by atoms with E-state index in [0.717, 1.165) is 18.2 Å². The molecule has 1 rings (SSSR count). The molecule has 1 unspecified atom stereocenters. The number of carbonyl (C=O) groups excluding carboxylic acids is 1. The maximum Gasteiger partial charge on any atom is 0.220 e. The van der Waals surface area contributed by atoms with E-state index in [4.69, 9.17) is 0 Å². The number of aryl methyl sites for hydroxylation is 1. The Morgan fingerprint density at radius 2 is 2.00 bits per heavy atom. The molecule has 2 nitrogen and oxygen atoms in total. The molecule has 3 heteroatoms. The van der Waals surface area contributed by atoms with Gasteiger partial charge in [0.1, 0.15) is 0 Å². The van der Waals surface area contributed by atoms with Crippen molar-refractivity contribution < 1.29 is 4.79 Å². The van der Waals surface area contributed by atoms with Crippen molar-refractivity contribution in [1.82, 2.24) is 5.32 Å². The highest BCUT2D eigenvalue weighted by Gasteiger charge is 2.22. The number of hydrogen-bond acceptors (Lipinski definition) is 1. The van der Waals surface area contributed by atoms with Crippen molar-refractivity contribution >= 4 is 21.8 Å². The molecule has 0 aliphatic rings. The summed E-state index contributed by atoms with van der Waals surface area (Å²) in [6, 6.07) is 10.1. The van der Waals surface area contributed by atoms with E-state index in [1.54, 1.807) is 0 Å². The zero-order valence-corrected chi connectivity index (χ0v) is 12.1. The second kappa shape index (κ2) is 6.80. The minimum Gasteiger partial charge on any atom is -0.350 e. The molecule has 1 atom stereocenters. The van der Waals surface area contributed by atoms with Crippen LogP contribution in [0.25, 0.3) is 0 Å². The molecule has 0 aromatic heterocycles. The zero-order valence-electron chi connectivity index (χ0n) is 10.5. The summed E-state index contributed by atoms with van der Waals surface area (Å²) < 4.78 is 0. The number of rotatable bonds is 6. The first-order chi connectivity index (χ1) is 8.09. The number of amides is 1. The molecule has 1 aromatic carbocycles. The van der Waals surface area contributed by atoms with Crippen molar-refractivity contribution in [1.29, 1.82) is 0 Å². The predicted molar refractivity (Wildman–Crippen MR) is 75.4 cm³/mol. The highest BCUT2D eigenvalue weighted by atomic mass is 79.9. The fourth-order valence-electron chi connectivity index (χ4n) is 1.52. The van der Waals surface area contributed by atoms with Gasteiger partial charge in [0.05, 0.1) is 0 Å². The third-order valence-electron chi connectivity index (χ3n) is 3.00. The molecule has 1 N–H and O–H groups in total. The summed E-state index contributed by atoms with van der Waals surface area (Å²) in [5.41, 5.74) is 1.08. The number of alkyl halides is 1. The van der Waals surface area contributed by atoms with E-state index >= 15 is 0 Å². The van der Waals surface area contributed by atoms with Crippen LogP contribution in [-0.4, -0.2) is 16.8 Å².